The lowest BCUT2D eigenvalue weighted by molar-refractivity contribution is -0.671. The van der Waals surface area contributed by atoms with Crippen LogP contribution in [0.25, 0.3) is 0 Å². The Kier molecular flexibility index (Phi) is 12.1. The van der Waals surface area contributed by atoms with Crippen LogP contribution in [0.3, 0.4) is 0 Å². The first-order chi connectivity index (χ1) is 15.6. The van der Waals surface area contributed by atoms with Crippen LogP contribution in [0, 0.1) is 5.92 Å². The molecule has 0 saturated heterocycles. The number of rotatable bonds is 7. The molecule has 2 heterocycles. The zero-order valence-electron chi connectivity index (χ0n) is 21.2. The normalized spacial score (nSPS) is 12.4. The minimum absolute atomic E-state index is 0. The van der Waals surface area contributed by atoms with Crippen molar-refractivity contribution in [3.05, 3.63) is 66.8 Å². The maximum atomic E-state index is 11.6. The summed E-state index contributed by atoms with van der Waals surface area (Å²) in [5, 5.41) is -0.913. The van der Waals surface area contributed by atoms with Gasteiger partial charge in [0.05, 0.1) is 14.1 Å². The van der Waals surface area contributed by atoms with E-state index < -0.39 is 25.6 Å². The van der Waals surface area contributed by atoms with Crippen molar-refractivity contribution in [3.8, 4) is 0 Å². The fraction of sp³-hybridized carbons (Fsp3) is 0.455. The fourth-order valence-corrected chi connectivity index (χ4v) is 5.42. The Morgan fingerprint density at radius 1 is 0.889 bits per heavy atom. The van der Waals surface area contributed by atoms with Crippen LogP contribution in [0.2, 0.25) is 0 Å². The van der Waals surface area contributed by atoms with Crippen LogP contribution in [0.1, 0.15) is 50.1 Å². The second-order valence-electron chi connectivity index (χ2n) is 8.92. The summed E-state index contributed by atoms with van der Waals surface area (Å²) >= 11 is 0. The quantitative estimate of drug-likeness (QED) is 0.330. The largest absolute Gasteiger partial charge is 0.870 e. The Hall–Kier alpha value is -2.62. The smallest absolute Gasteiger partial charge is 0.307 e. The molecule has 1 atom stereocenters. The summed E-state index contributed by atoms with van der Waals surface area (Å²) in [6, 6.07) is 5.22. The number of benzene rings is 1. The molecule has 0 radical (unpaired) electrons. The highest BCUT2D eigenvalue weighted by Gasteiger charge is 2.32. The number of hydrogen-bond acceptors (Lipinski definition) is 6. The molecular formula is C22H36N4O8S2. The number of aromatic nitrogens is 4. The van der Waals surface area contributed by atoms with E-state index >= 15 is 0 Å². The highest BCUT2D eigenvalue weighted by molar-refractivity contribution is 7.86. The molecule has 4 N–H and O–H groups in total. The lowest BCUT2D eigenvalue weighted by Gasteiger charge is -2.13. The Bertz CT molecular complexity index is 1330. The summed E-state index contributed by atoms with van der Waals surface area (Å²) in [5.41, 5.74) is 1.47. The van der Waals surface area contributed by atoms with Gasteiger partial charge in [0.15, 0.2) is 0 Å². The van der Waals surface area contributed by atoms with Crippen molar-refractivity contribution >= 4 is 20.2 Å². The van der Waals surface area contributed by atoms with Gasteiger partial charge in [0.25, 0.3) is 10.1 Å². The van der Waals surface area contributed by atoms with Gasteiger partial charge in [0.1, 0.15) is 36.2 Å². The van der Waals surface area contributed by atoms with Gasteiger partial charge in [0.2, 0.25) is 18.0 Å². The molecule has 12 nitrogen and oxygen atoms in total. The van der Waals surface area contributed by atoms with Crippen molar-refractivity contribution < 1.29 is 46.0 Å². The number of hydrogen-bond donors (Lipinski definition) is 2. The number of nitrogens with zero attached hydrogens (tertiary/aromatic N) is 4. The van der Waals surface area contributed by atoms with Crippen LogP contribution in [0.5, 0.6) is 0 Å². The Morgan fingerprint density at radius 2 is 1.44 bits per heavy atom. The predicted octanol–water partition coefficient (Wildman–Crippen LogP) is 1.73. The molecule has 0 amide bonds. The molecule has 14 heteroatoms. The molecule has 0 spiro atoms. The van der Waals surface area contributed by atoms with Gasteiger partial charge in [-0.1, -0.05) is 39.8 Å². The van der Waals surface area contributed by atoms with Crippen LogP contribution >= 0.6 is 0 Å². The summed E-state index contributed by atoms with van der Waals surface area (Å²) in [6.45, 7) is 7.86. The van der Waals surface area contributed by atoms with Crippen molar-refractivity contribution in [1.82, 2.24) is 9.13 Å². The molecule has 3 aromatic rings. The van der Waals surface area contributed by atoms with E-state index in [9.17, 15) is 21.4 Å². The van der Waals surface area contributed by atoms with Gasteiger partial charge in [-0.3, -0.25) is 9.11 Å². The van der Waals surface area contributed by atoms with E-state index in [1.165, 1.54) is 4.57 Å². The summed E-state index contributed by atoms with van der Waals surface area (Å²) in [4.78, 5) is -0.0138. The van der Waals surface area contributed by atoms with Gasteiger partial charge in [-0.05, 0) is 17.5 Å². The second-order valence-corrected chi connectivity index (χ2v) is 11.8. The summed E-state index contributed by atoms with van der Waals surface area (Å²) in [6.07, 6.45) is 10.5. The van der Waals surface area contributed by atoms with E-state index in [1.54, 1.807) is 56.3 Å². The maximum Gasteiger partial charge on any atom is 0.307 e. The van der Waals surface area contributed by atoms with Crippen molar-refractivity contribution in [1.29, 1.82) is 0 Å². The minimum Gasteiger partial charge on any atom is -0.870 e. The average molecular weight is 549 g/mol. The minimum atomic E-state index is -4.22. The number of imidazole rings is 2. The van der Waals surface area contributed by atoms with E-state index in [1.807, 2.05) is 54.8 Å². The lowest BCUT2D eigenvalue weighted by atomic mass is 10.0. The zero-order valence-corrected chi connectivity index (χ0v) is 22.8. The topological polar surface area (TPSA) is 186 Å². The van der Waals surface area contributed by atoms with Gasteiger partial charge >= 0.3 is 10.1 Å². The SMILES string of the molecule is CC(C)C(n1cc[n+](C)c1)S(=O)(=O)O.CC(C)c1ccc(Cn2cc[n+](C)c2)c(S(=O)(=O)O)c1.[OH-].[OH-]. The monoisotopic (exact) mass is 548 g/mol. The van der Waals surface area contributed by atoms with Crippen LogP contribution in [-0.2, 0) is 40.9 Å². The zero-order chi connectivity index (χ0) is 25.8. The van der Waals surface area contributed by atoms with Gasteiger partial charge in [-0.25, -0.2) is 18.3 Å². The molecule has 36 heavy (non-hydrogen) atoms. The molecule has 204 valence electrons. The molecule has 0 aliphatic carbocycles. The molecule has 0 fully saturated rings. The van der Waals surface area contributed by atoms with E-state index in [-0.39, 0.29) is 27.7 Å². The first kappa shape index (κ1) is 33.4. The van der Waals surface area contributed by atoms with Crippen LogP contribution in [-0.4, -0.2) is 46.0 Å². The molecule has 1 aromatic carbocycles. The average Bonchev–Trinajstić information content (AvgIpc) is 3.28. The third-order valence-corrected chi connectivity index (χ3v) is 7.51. The molecule has 2 aromatic heterocycles. The molecule has 1 unspecified atom stereocenters. The third kappa shape index (κ3) is 9.11. The highest BCUT2D eigenvalue weighted by atomic mass is 32.2. The van der Waals surface area contributed by atoms with Gasteiger partial charge in [0, 0.05) is 11.5 Å². The van der Waals surface area contributed by atoms with Crippen molar-refractivity contribution in [2.24, 2.45) is 20.0 Å². The predicted molar refractivity (Wildman–Crippen MR) is 130 cm³/mol. The lowest BCUT2D eigenvalue weighted by Crippen LogP contribution is -2.28. The molecule has 0 aliphatic rings. The standard InChI is InChI=1S/C14H18N2O3S.C8H14N2O3S.2H2O/c1-11(2)12-4-5-13(14(8-12)20(17,18)19)9-16-7-6-15(3)10-16;1-7(2)8(14(11,12)13)10-5-4-9(3)6-10;;/h4-8,10-11H,9H2,1-3H3;4-8H,1-3H3;2*1H2. The molecular weight excluding hydrogens is 512 g/mol. The third-order valence-electron chi connectivity index (χ3n) is 5.17. The van der Waals surface area contributed by atoms with E-state index in [0.29, 0.717) is 12.1 Å². The van der Waals surface area contributed by atoms with E-state index in [0.717, 1.165) is 5.56 Å². The first-order valence-corrected chi connectivity index (χ1v) is 13.6. The van der Waals surface area contributed by atoms with Crippen LogP contribution in [0.4, 0.5) is 0 Å². The van der Waals surface area contributed by atoms with Gasteiger partial charge < -0.3 is 11.0 Å². The highest BCUT2D eigenvalue weighted by Crippen LogP contribution is 2.24. The van der Waals surface area contributed by atoms with Crippen molar-refractivity contribution in [3.63, 3.8) is 0 Å². The molecule has 3 rings (SSSR count). The van der Waals surface area contributed by atoms with Crippen LogP contribution in [0.15, 0.2) is 60.5 Å². The Morgan fingerprint density at radius 3 is 1.83 bits per heavy atom. The Balaban J connectivity index is 0.000000682. The van der Waals surface area contributed by atoms with E-state index in [4.69, 9.17) is 4.55 Å². The molecule has 0 saturated carbocycles. The number of aryl methyl sites for hydroxylation is 2. The van der Waals surface area contributed by atoms with Crippen molar-refractivity contribution in [2.75, 3.05) is 0 Å². The molecule has 0 aliphatic heterocycles. The summed E-state index contributed by atoms with van der Waals surface area (Å²) in [7, 11) is -4.60. The van der Waals surface area contributed by atoms with Gasteiger partial charge in [-0.15, -0.1) is 0 Å². The van der Waals surface area contributed by atoms with Gasteiger partial charge in [-0.2, -0.15) is 16.8 Å². The van der Waals surface area contributed by atoms with Crippen molar-refractivity contribution in [2.45, 2.75) is 50.4 Å². The first-order valence-electron chi connectivity index (χ1n) is 10.7. The molecule has 0 bridgehead atoms. The Labute approximate surface area is 212 Å². The fourth-order valence-electron chi connectivity index (χ4n) is 3.55. The summed E-state index contributed by atoms with van der Waals surface area (Å²) in [5.74, 6) is 0.0197. The second kappa shape index (κ2) is 13.1. The van der Waals surface area contributed by atoms with E-state index in [2.05, 4.69) is 0 Å². The maximum absolute atomic E-state index is 11.6. The summed E-state index contributed by atoms with van der Waals surface area (Å²) < 4.78 is 70.8. The van der Waals surface area contributed by atoms with Crippen LogP contribution < -0.4 is 9.13 Å².